The zero-order valence-corrected chi connectivity index (χ0v) is 12.1. The van der Waals surface area contributed by atoms with Crippen molar-refractivity contribution >= 4 is 23.2 Å². The fourth-order valence-electron chi connectivity index (χ4n) is 2.59. The number of anilines is 1. The van der Waals surface area contributed by atoms with Gasteiger partial charge in [0.1, 0.15) is 5.75 Å². The average molecular weight is 303 g/mol. The van der Waals surface area contributed by atoms with Gasteiger partial charge in [0.2, 0.25) is 0 Å². The lowest BCUT2D eigenvalue weighted by molar-refractivity contribution is 0.0734. The van der Waals surface area contributed by atoms with E-state index < -0.39 is 0 Å². The summed E-state index contributed by atoms with van der Waals surface area (Å²) in [4.78, 5) is 14.3. The summed E-state index contributed by atoms with van der Waals surface area (Å²) in [7, 11) is 0. The lowest BCUT2D eigenvalue weighted by Crippen LogP contribution is -2.36. The minimum atomic E-state index is -0.138. The van der Waals surface area contributed by atoms with Crippen LogP contribution in [0.4, 0.5) is 5.69 Å². The summed E-state index contributed by atoms with van der Waals surface area (Å²) in [5.74, 6) is 0.0753. The van der Waals surface area contributed by atoms with E-state index in [9.17, 15) is 9.90 Å². The number of hydrogen-bond donors (Lipinski definition) is 2. The molecule has 2 aromatic carbocycles. The third kappa shape index (κ3) is 2.67. The van der Waals surface area contributed by atoms with Crippen molar-refractivity contribution < 1.29 is 9.90 Å². The number of aromatic hydroxyl groups is 1. The van der Waals surface area contributed by atoms with Crippen molar-refractivity contribution in [1.82, 2.24) is 4.90 Å². The van der Waals surface area contributed by atoms with Crippen LogP contribution in [0.1, 0.15) is 21.5 Å². The zero-order valence-electron chi connectivity index (χ0n) is 11.3. The third-order valence-electron chi connectivity index (χ3n) is 3.71. The van der Waals surface area contributed by atoms with E-state index in [0.717, 1.165) is 17.5 Å². The number of amides is 1. The second kappa shape index (κ2) is 5.30. The summed E-state index contributed by atoms with van der Waals surface area (Å²) in [6.07, 6.45) is 0.765. The van der Waals surface area contributed by atoms with Gasteiger partial charge in [0.15, 0.2) is 0 Å². The molecule has 3 N–H and O–H groups in total. The van der Waals surface area contributed by atoms with Gasteiger partial charge in [0.05, 0.1) is 10.6 Å². The van der Waals surface area contributed by atoms with E-state index in [-0.39, 0.29) is 11.7 Å². The van der Waals surface area contributed by atoms with Crippen molar-refractivity contribution in [1.29, 1.82) is 0 Å². The van der Waals surface area contributed by atoms with Crippen LogP contribution in [0.25, 0.3) is 0 Å². The molecule has 2 aromatic rings. The number of phenolic OH excluding ortho intramolecular Hbond substituents is 1. The van der Waals surface area contributed by atoms with Crippen molar-refractivity contribution in [2.75, 3.05) is 12.3 Å². The molecule has 0 aromatic heterocycles. The summed E-state index contributed by atoms with van der Waals surface area (Å²) < 4.78 is 0. The van der Waals surface area contributed by atoms with Gasteiger partial charge in [0, 0.05) is 18.8 Å². The molecule has 108 valence electrons. The first-order valence-corrected chi connectivity index (χ1v) is 7.07. The number of halogens is 1. The molecule has 0 radical (unpaired) electrons. The largest absolute Gasteiger partial charge is 0.508 e. The first kappa shape index (κ1) is 13.8. The SMILES string of the molecule is Nc1ccc(Cl)c(C(=O)N2CCc3ccc(O)cc3C2)c1. The summed E-state index contributed by atoms with van der Waals surface area (Å²) >= 11 is 6.09. The number of nitrogens with zero attached hydrogens (tertiary/aromatic N) is 1. The molecule has 0 bridgehead atoms. The van der Waals surface area contributed by atoms with Crippen LogP contribution >= 0.6 is 11.6 Å². The van der Waals surface area contributed by atoms with Gasteiger partial charge in [-0.25, -0.2) is 0 Å². The molecule has 21 heavy (non-hydrogen) atoms. The Morgan fingerprint density at radius 1 is 1.19 bits per heavy atom. The first-order valence-electron chi connectivity index (χ1n) is 6.69. The molecule has 1 aliphatic rings. The summed E-state index contributed by atoms with van der Waals surface area (Å²) in [6, 6.07) is 10.2. The van der Waals surface area contributed by atoms with Gasteiger partial charge in [-0.05, 0) is 47.9 Å². The van der Waals surface area contributed by atoms with Crippen LogP contribution in [0.2, 0.25) is 5.02 Å². The fourth-order valence-corrected chi connectivity index (χ4v) is 2.79. The molecule has 0 atom stereocenters. The standard InChI is InChI=1S/C16H15ClN2O2/c17-15-4-2-12(18)8-14(15)16(21)19-6-5-10-1-3-13(20)7-11(10)9-19/h1-4,7-8,20H,5-6,9,18H2. The van der Waals surface area contributed by atoms with E-state index >= 15 is 0 Å². The Morgan fingerprint density at radius 3 is 2.81 bits per heavy atom. The molecule has 1 amide bonds. The van der Waals surface area contributed by atoms with Gasteiger partial charge in [-0.15, -0.1) is 0 Å². The number of carbonyl (C=O) groups is 1. The quantitative estimate of drug-likeness (QED) is 0.796. The zero-order chi connectivity index (χ0) is 15.0. The van der Waals surface area contributed by atoms with E-state index in [0.29, 0.717) is 29.4 Å². The van der Waals surface area contributed by atoms with Gasteiger partial charge in [0.25, 0.3) is 5.91 Å². The first-order chi connectivity index (χ1) is 10.0. The second-order valence-electron chi connectivity index (χ2n) is 5.17. The predicted octanol–water partition coefficient (Wildman–Crippen LogP) is 2.83. The molecule has 1 aliphatic heterocycles. The fraction of sp³-hybridized carbons (Fsp3) is 0.188. The Labute approximate surface area is 127 Å². The van der Waals surface area contributed by atoms with Crippen molar-refractivity contribution in [3.63, 3.8) is 0 Å². The number of benzene rings is 2. The Bertz CT molecular complexity index is 715. The number of carbonyl (C=O) groups excluding carboxylic acids is 1. The number of phenols is 1. The smallest absolute Gasteiger partial charge is 0.255 e. The molecule has 1 heterocycles. The number of nitrogen functional groups attached to an aromatic ring is 1. The van der Waals surface area contributed by atoms with Gasteiger partial charge in [-0.1, -0.05) is 17.7 Å². The lowest BCUT2D eigenvalue weighted by atomic mass is 9.99. The second-order valence-corrected chi connectivity index (χ2v) is 5.58. The van der Waals surface area contributed by atoms with Gasteiger partial charge >= 0.3 is 0 Å². The molecule has 4 nitrogen and oxygen atoms in total. The highest BCUT2D eigenvalue weighted by atomic mass is 35.5. The van der Waals surface area contributed by atoms with Crippen molar-refractivity contribution in [3.05, 3.63) is 58.1 Å². The maximum atomic E-state index is 12.6. The number of fused-ring (bicyclic) bond motifs is 1. The van der Waals surface area contributed by atoms with E-state index in [4.69, 9.17) is 17.3 Å². The maximum absolute atomic E-state index is 12.6. The monoisotopic (exact) mass is 302 g/mol. The van der Waals surface area contributed by atoms with Crippen LogP contribution in [0.3, 0.4) is 0 Å². The Balaban J connectivity index is 1.88. The molecule has 5 heteroatoms. The Morgan fingerprint density at radius 2 is 2.00 bits per heavy atom. The molecule has 0 unspecified atom stereocenters. The van der Waals surface area contributed by atoms with E-state index in [1.165, 1.54) is 0 Å². The highest BCUT2D eigenvalue weighted by Gasteiger charge is 2.23. The van der Waals surface area contributed by atoms with Crippen LogP contribution in [-0.4, -0.2) is 22.5 Å². The molecule has 0 fully saturated rings. The minimum Gasteiger partial charge on any atom is -0.508 e. The lowest BCUT2D eigenvalue weighted by Gasteiger charge is -2.29. The molecule has 0 aliphatic carbocycles. The van der Waals surface area contributed by atoms with E-state index in [1.54, 1.807) is 35.2 Å². The topological polar surface area (TPSA) is 66.6 Å². The molecule has 3 rings (SSSR count). The van der Waals surface area contributed by atoms with Crippen molar-refractivity contribution in [2.45, 2.75) is 13.0 Å². The predicted molar refractivity (Wildman–Crippen MR) is 82.4 cm³/mol. The molecule has 0 saturated carbocycles. The number of rotatable bonds is 1. The normalized spacial score (nSPS) is 13.9. The van der Waals surface area contributed by atoms with E-state index in [1.807, 2.05) is 6.07 Å². The Kier molecular flexibility index (Phi) is 3.47. The van der Waals surface area contributed by atoms with Crippen molar-refractivity contribution in [3.8, 4) is 5.75 Å². The Hall–Kier alpha value is -2.20. The van der Waals surface area contributed by atoms with Gasteiger partial charge in [-0.2, -0.15) is 0 Å². The van der Waals surface area contributed by atoms with Crippen LogP contribution in [0.5, 0.6) is 5.75 Å². The van der Waals surface area contributed by atoms with Crippen LogP contribution in [-0.2, 0) is 13.0 Å². The van der Waals surface area contributed by atoms with E-state index in [2.05, 4.69) is 0 Å². The minimum absolute atomic E-state index is 0.138. The number of hydrogen-bond acceptors (Lipinski definition) is 3. The molecule has 0 spiro atoms. The molecular formula is C16H15ClN2O2. The highest BCUT2D eigenvalue weighted by Crippen LogP contribution is 2.26. The van der Waals surface area contributed by atoms with Gasteiger partial charge in [-0.3, -0.25) is 4.79 Å². The molecule has 0 saturated heterocycles. The summed E-state index contributed by atoms with van der Waals surface area (Å²) in [5.41, 5.74) is 8.79. The third-order valence-corrected chi connectivity index (χ3v) is 4.04. The highest BCUT2D eigenvalue weighted by molar-refractivity contribution is 6.34. The van der Waals surface area contributed by atoms with Gasteiger partial charge < -0.3 is 15.7 Å². The maximum Gasteiger partial charge on any atom is 0.255 e. The van der Waals surface area contributed by atoms with Crippen molar-refractivity contribution in [2.24, 2.45) is 0 Å². The molecular weight excluding hydrogens is 288 g/mol. The summed E-state index contributed by atoms with van der Waals surface area (Å²) in [5, 5.41) is 9.97. The summed E-state index contributed by atoms with van der Waals surface area (Å²) in [6.45, 7) is 1.09. The average Bonchev–Trinajstić information content (AvgIpc) is 2.48. The van der Waals surface area contributed by atoms with Crippen LogP contribution in [0, 0.1) is 0 Å². The van der Waals surface area contributed by atoms with Crippen LogP contribution < -0.4 is 5.73 Å². The van der Waals surface area contributed by atoms with Crippen LogP contribution in [0.15, 0.2) is 36.4 Å². The number of nitrogens with two attached hydrogens (primary N) is 1.